The van der Waals surface area contributed by atoms with Gasteiger partial charge in [0.15, 0.2) is 5.96 Å². The van der Waals surface area contributed by atoms with E-state index >= 15 is 0 Å². The number of guanidine groups is 1. The Balaban J connectivity index is 2.13. The molecule has 1 aliphatic rings. The van der Waals surface area contributed by atoms with Gasteiger partial charge < -0.3 is 20.7 Å². The van der Waals surface area contributed by atoms with Crippen LogP contribution in [0.3, 0.4) is 0 Å². The first-order chi connectivity index (χ1) is 8.22. The SMILES string of the molecule is COCC(C)NC(N)=NCCN1CCCCC1. The molecular weight excluding hydrogens is 216 g/mol. The highest BCUT2D eigenvalue weighted by atomic mass is 16.5. The fourth-order valence-corrected chi connectivity index (χ4v) is 2.08. The molecule has 0 aromatic rings. The molecule has 1 heterocycles. The minimum Gasteiger partial charge on any atom is -0.383 e. The molecule has 17 heavy (non-hydrogen) atoms. The highest BCUT2D eigenvalue weighted by Crippen LogP contribution is 2.07. The lowest BCUT2D eigenvalue weighted by atomic mass is 10.1. The molecule has 1 unspecified atom stereocenters. The van der Waals surface area contributed by atoms with Crippen LogP contribution in [-0.2, 0) is 4.74 Å². The van der Waals surface area contributed by atoms with Gasteiger partial charge in [-0.1, -0.05) is 6.42 Å². The third kappa shape index (κ3) is 6.48. The van der Waals surface area contributed by atoms with Crippen LogP contribution in [0.25, 0.3) is 0 Å². The van der Waals surface area contributed by atoms with Crippen molar-refractivity contribution in [2.45, 2.75) is 32.2 Å². The second-order valence-corrected chi connectivity index (χ2v) is 4.67. The lowest BCUT2D eigenvalue weighted by molar-refractivity contribution is 0.179. The van der Waals surface area contributed by atoms with E-state index in [2.05, 4.69) is 15.2 Å². The van der Waals surface area contributed by atoms with Crippen LogP contribution in [0.1, 0.15) is 26.2 Å². The summed E-state index contributed by atoms with van der Waals surface area (Å²) in [5.74, 6) is 0.520. The topological polar surface area (TPSA) is 62.9 Å². The highest BCUT2D eigenvalue weighted by Gasteiger charge is 2.08. The first-order valence-electron chi connectivity index (χ1n) is 6.50. The molecule has 3 N–H and O–H groups in total. The van der Waals surface area contributed by atoms with Crippen molar-refractivity contribution in [2.24, 2.45) is 10.7 Å². The van der Waals surface area contributed by atoms with Gasteiger partial charge in [-0.3, -0.25) is 4.99 Å². The van der Waals surface area contributed by atoms with Crippen LogP contribution in [0.4, 0.5) is 0 Å². The van der Waals surface area contributed by atoms with Gasteiger partial charge in [-0.25, -0.2) is 0 Å². The smallest absolute Gasteiger partial charge is 0.188 e. The van der Waals surface area contributed by atoms with E-state index in [-0.39, 0.29) is 6.04 Å². The molecule has 100 valence electrons. The zero-order valence-electron chi connectivity index (χ0n) is 11.1. The fourth-order valence-electron chi connectivity index (χ4n) is 2.08. The van der Waals surface area contributed by atoms with E-state index in [0.29, 0.717) is 12.6 Å². The van der Waals surface area contributed by atoms with E-state index in [4.69, 9.17) is 10.5 Å². The van der Waals surface area contributed by atoms with Crippen LogP contribution in [0, 0.1) is 0 Å². The van der Waals surface area contributed by atoms with E-state index in [1.165, 1.54) is 32.4 Å². The summed E-state index contributed by atoms with van der Waals surface area (Å²) in [5.41, 5.74) is 5.79. The van der Waals surface area contributed by atoms with E-state index < -0.39 is 0 Å². The average molecular weight is 242 g/mol. The van der Waals surface area contributed by atoms with Gasteiger partial charge in [0.05, 0.1) is 13.2 Å². The number of methoxy groups -OCH3 is 1. The van der Waals surface area contributed by atoms with Crippen LogP contribution in [-0.4, -0.2) is 56.8 Å². The van der Waals surface area contributed by atoms with Crippen LogP contribution in [0.5, 0.6) is 0 Å². The van der Waals surface area contributed by atoms with Crippen LogP contribution < -0.4 is 11.1 Å². The minimum atomic E-state index is 0.207. The van der Waals surface area contributed by atoms with Gasteiger partial charge in [0.1, 0.15) is 0 Å². The first-order valence-corrected chi connectivity index (χ1v) is 6.50. The van der Waals surface area contributed by atoms with Crippen molar-refractivity contribution in [3.8, 4) is 0 Å². The van der Waals surface area contributed by atoms with E-state index in [0.717, 1.165) is 13.1 Å². The number of likely N-dealkylation sites (tertiary alicyclic amines) is 1. The van der Waals surface area contributed by atoms with Crippen molar-refractivity contribution in [1.29, 1.82) is 0 Å². The van der Waals surface area contributed by atoms with Gasteiger partial charge in [-0.2, -0.15) is 0 Å². The number of hydrogen-bond acceptors (Lipinski definition) is 3. The van der Waals surface area contributed by atoms with Crippen LogP contribution in [0.15, 0.2) is 4.99 Å². The Morgan fingerprint density at radius 1 is 1.41 bits per heavy atom. The zero-order valence-corrected chi connectivity index (χ0v) is 11.1. The van der Waals surface area contributed by atoms with Crippen molar-refractivity contribution < 1.29 is 4.74 Å². The number of nitrogens with two attached hydrogens (primary N) is 1. The van der Waals surface area contributed by atoms with Crippen molar-refractivity contribution in [3.05, 3.63) is 0 Å². The summed E-state index contributed by atoms with van der Waals surface area (Å²) >= 11 is 0. The molecule has 0 saturated carbocycles. The normalized spacial score (nSPS) is 20.2. The lowest BCUT2D eigenvalue weighted by Gasteiger charge is -2.25. The molecule has 1 rings (SSSR count). The second-order valence-electron chi connectivity index (χ2n) is 4.67. The maximum absolute atomic E-state index is 5.79. The Labute approximate surface area is 104 Å². The molecule has 1 aliphatic heterocycles. The van der Waals surface area contributed by atoms with Gasteiger partial charge >= 0.3 is 0 Å². The van der Waals surface area contributed by atoms with E-state index in [1.54, 1.807) is 7.11 Å². The number of nitrogens with one attached hydrogen (secondary N) is 1. The number of rotatable bonds is 6. The molecule has 5 heteroatoms. The summed E-state index contributed by atoms with van der Waals surface area (Å²) in [6.45, 7) is 6.88. The minimum absolute atomic E-state index is 0.207. The van der Waals surface area contributed by atoms with Crippen LogP contribution in [0.2, 0.25) is 0 Å². The van der Waals surface area contributed by atoms with Crippen molar-refractivity contribution in [2.75, 3.05) is 39.9 Å². The van der Waals surface area contributed by atoms with Crippen LogP contribution >= 0.6 is 0 Å². The predicted octanol–water partition coefficient (Wildman–Crippen LogP) is 0.412. The number of aliphatic imine (C=N–C) groups is 1. The van der Waals surface area contributed by atoms with Gasteiger partial charge in [-0.15, -0.1) is 0 Å². The number of piperidine rings is 1. The quantitative estimate of drug-likeness (QED) is 0.523. The molecule has 5 nitrogen and oxygen atoms in total. The molecule has 1 saturated heterocycles. The third-order valence-corrected chi connectivity index (χ3v) is 2.96. The lowest BCUT2D eigenvalue weighted by Crippen LogP contribution is -2.41. The molecular formula is C12H26N4O. The van der Waals surface area contributed by atoms with Crippen molar-refractivity contribution in [3.63, 3.8) is 0 Å². The summed E-state index contributed by atoms with van der Waals surface area (Å²) in [6.07, 6.45) is 4.02. The summed E-state index contributed by atoms with van der Waals surface area (Å²) < 4.78 is 5.02. The van der Waals surface area contributed by atoms with Gasteiger partial charge in [-0.05, 0) is 32.9 Å². The molecule has 0 spiro atoms. The Morgan fingerprint density at radius 2 is 2.12 bits per heavy atom. The maximum atomic E-state index is 5.79. The zero-order chi connectivity index (χ0) is 12.5. The summed E-state index contributed by atoms with van der Waals surface area (Å²) in [7, 11) is 1.68. The third-order valence-electron chi connectivity index (χ3n) is 2.96. The predicted molar refractivity (Wildman–Crippen MR) is 71.3 cm³/mol. The van der Waals surface area contributed by atoms with Gasteiger partial charge in [0.25, 0.3) is 0 Å². The van der Waals surface area contributed by atoms with Gasteiger partial charge in [0.2, 0.25) is 0 Å². The molecule has 0 bridgehead atoms. The fraction of sp³-hybridized carbons (Fsp3) is 0.917. The molecule has 0 aliphatic carbocycles. The molecule has 0 radical (unpaired) electrons. The summed E-state index contributed by atoms with van der Waals surface area (Å²) in [5, 5.41) is 3.10. The number of nitrogens with zero attached hydrogens (tertiary/aromatic N) is 2. The van der Waals surface area contributed by atoms with E-state index in [1.807, 2.05) is 6.92 Å². The molecule has 1 atom stereocenters. The monoisotopic (exact) mass is 242 g/mol. The Bertz CT molecular complexity index is 227. The standard InChI is InChI=1S/C12H26N4O/c1-11(10-17-2)15-12(13)14-6-9-16-7-4-3-5-8-16/h11H,3-10H2,1-2H3,(H3,13,14,15). The molecule has 0 aromatic heterocycles. The van der Waals surface area contributed by atoms with Gasteiger partial charge in [0, 0.05) is 19.7 Å². The highest BCUT2D eigenvalue weighted by molar-refractivity contribution is 5.78. The van der Waals surface area contributed by atoms with Crippen molar-refractivity contribution in [1.82, 2.24) is 10.2 Å². The number of ether oxygens (including phenoxy) is 1. The Hall–Kier alpha value is -0.810. The maximum Gasteiger partial charge on any atom is 0.188 e. The first kappa shape index (κ1) is 14.3. The summed E-state index contributed by atoms with van der Waals surface area (Å²) in [4.78, 5) is 6.78. The number of hydrogen-bond donors (Lipinski definition) is 2. The molecule has 0 aromatic carbocycles. The Morgan fingerprint density at radius 3 is 2.76 bits per heavy atom. The van der Waals surface area contributed by atoms with Crippen molar-refractivity contribution >= 4 is 5.96 Å². The largest absolute Gasteiger partial charge is 0.383 e. The Kier molecular flexibility index (Phi) is 6.96. The van der Waals surface area contributed by atoms with E-state index in [9.17, 15) is 0 Å². The second kappa shape index (κ2) is 8.31. The molecule has 1 fully saturated rings. The average Bonchev–Trinajstić information content (AvgIpc) is 2.30. The molecule has 0 amide bonds. The summed E-state index contributed by atoms with van der Waals surface area (Å²) in [6, 6.07) is 0.207.